The molecule has 5 fully saturated rings. The second kappa shape index (κ2) is 35.8. The molecule has 462 valence electrons. The van der Waals surface area contributed by atoms with E-state index < -0.39 is 60.0 Å². The largest absolute Gasteiger partial charge is 0.390 e. The average molecular weight is 1170 g/mol. The predicted molar refractivity (Wildman–Crippen MR) is 286 cm³/mol. The lowest BCUT2D eigenvalue weighted by Gasteiger charge is -2.42. The van der Waals surface area contributed by atoms with Crippen molar-refractivity contribution in [2.24, 2.45) is 11.0 Å². The minimum atomic E-state index is -1.07. The molecule has 29 heteroatoms. The van der Waals surface area contributed by atoms with Gasteiger partial charge in [-0.05, 0) is 32.3 Å². The molecule has 6 heterocycles. The van der Waals surface area contributed by atoms with Crippen molar-refractivity contribution in [2.75, 3.05) is 152 Å². The molecule has 7 rings (SSSR count). The molecule has 0 unspecified atom stereocenters. The van der Waals surface area contributed by atoms with Crippen LogP contribution in [0, 0.1) is 5.92 Å². The number of fused-ring (bicyclic) bond motifs is 6. The monoisotopic (exact) mass is 1170 g/mol. The molecule has 0 radical (unpaired) electrons. The highest BCUT2D eigenvalue weighted by molar-refractivity contribution is 5.97. The number of aromatic nitrogens is 3. The van der Waals surface area contributed by atoms with E-state index in [0.717, 1.165) is 0 Å². The average Bonchev–Trinajstić information content (AvgIpc) is 3.12. The Bertz CT molecular complexity index is 2220. The Balaban J connectivity index is 0.000000285. The van der Waals surface area contributed by atoms with E-state index >= 15 is 0 Å². The first-order chi connectivity index (χ1) is 39.7. The normalized spacial score (nSPS) is 26.6. The van der Waals surface area contributed by atoms with Crippen molar-refractivity contribution in [3.63, 3.8) is 0 Å². The van der Waals surface area contributed by atoms with Crippen LogP contribution < -0.4 is 16.0 Å². The summed E-state index contributed by atoms with van der Waals surface area (Å²) in [6, 6.07) is 8.66. The lowest BCUT2D eigenvalue weighted by atomic mass is 9.86. The van der Waals surface area contributed by atoms with E-state index in [2.05, 4.69) is 36.3 Å². The molecule has 0 aliphatic carbocycles. The second-order valence-corrected chi connectivity index (χ2v) is 20.4. The summed E-state index contributed by atoms with van der Waals surface area (Å²) in [5.74, 6) is -1.32. The van der Waals surface area contributed by atoms with E-state index in [9.17, 15) is 24.6 Å². The van der Waals surface area contributed by atoms with Crippen LogP contribution in [0.4, 0.5) is 0 Å². The van der Waals surface area contributed by atoms with E-state index in [0.29, 0.717) is 149 Å². The highest BCUT2D eigenvalue weighted by Gasteiger charge is 2.66. The maximum atomic E-state index is 12.0. The molecule has 5 aliphatic heterocycles. The van der Waals surface area contributed by atoms with Crippen LogP contribution in [0.25, 0.3) is 10.4 Å². The predicted octanol–water partition coefficient (Wildman–Crippen LogP) is 0.226. The highest BCUT2D eigenvalue weighted by Crippen LogP contribution is 2.46. The van der Waals surface area contributed by atoms with Crippen molar-refractivity contribution in [1.29, 1.82) is 0 Å². The molecular formula is C53H85N9O20. The summed E-state index contributed by atoms with van der Waals surface area (Å²) in [6.07, 6.45) is -1.17. The molecule has 5 saturated heterocycles. The number of hydrogen-bond donors (Lipinski definition) is 5. The highest BCUT2D eigenvalue weighted by atomic mass is 16.8. The number of Topliss-reactive ketones (excluding diaryl/α,β-unsaturated/α-hetero) is 1. The van der Waals surface area contributed by atoms with Crippen molar-refractivity contribution >= 4 is 17.6 Å². The Hall–Kier alpha value is -4.44. The minimum absolute atomic E-state index is 0.0296. The van der Waals surface area contributed by atoms with E-state index in [1.165, 1.54) is 6.92 Å². The van der Waals surface area contributed by atoms with Gasteiger partial charge in [0.25, 0.3) is 0 Å². The van der Waals surface area contributed by atoms with Gasteiger partial charge in [0.1, 0.15) is 41.2 Å². The summed E-state index contributed by atoms with van der Waals surface area (Å²) in [7, 11) is 0. The van der Waals surface area contributed by atoms with Crippen LogP contribution in [0.3, 0.4) is 0 Å². The molecule has 5 aliphatic rings. The number of azide groups is 1. The van der Waals surface area contributed by atoms with Gasteiger partial charge in [-0.1, -0.05) is 47.6 Å². The third-order valence-corrected chi connectivity index (χ3v) is 13.5. The number of carbonyl (C=O) groups excluding carboxylic acids is 3. The summed E-state index contributed by atoms with van der Waals surface area (Å²) >= 11 is 0. The second-order valence-electron chi connectivity index (χ2n) is 20.4. The fourth-order valence-corrected chi connectivity index (χ4v) is 9.32. The minimum Gasteiger partial charge on any atom is -0.390 e. The lowest BCUT2D eigenvalue weighted by molar-refractivity contribution is -0.248. The van der Waals surface area contributed by atoms with Gasteiger partial charge < -0.3 is 97.2 Å². The van der Waals surface area contributed by atoms with Crippen LogP contribution in [0.15, 0.2) is 41.6 Å². The van der Waals surface area contributed by atoms with Gasteiger partial charge in [-0.2, -0.15) is 0 Å². The molecule has 1 aromatic carbocycles. The van der Waals surface area contributed by atoms with Gasteiger partial charge >= 0.3 is 0 Å². The van der Waals surface area contributed by atoms with Crippen LogP contribution in [0.5, 0.6) is 0 Å². The smallest absolute Gasteiger partial charge is 0.220 e. The molecule has 5 N–H and O–H groups in total. The molecule has 2 aromatic rings. The van der Waals surface area contributed by atoms with Gasteiger partial charge in [-0.15, -0.1) is 5.10 Å². The summed E-state index contributed by atoms with van der Waals surface area (Å²) in [5, 5.41) is 40.9. The Morgan fingerprint density at radius 2 is 1.35 bits per heavy atom. The molecule has 2 amide bonds. The van der Waals surface area contributed by atoms with Crippen molar-refractivity contribution in [3.05, 3.63) is 58.2 Å². The van der Waals surface area contributed by atoms with Crippen molar-refractivity contribution in [2.45, 2.75) is 114 Å². The van der Waals surface area contributed by atoms with Gasteiger partial charge in [-0.3, -0.25) is 14.4 Å². The summed E-state index contributed by atoms with van der Waals surface area (Å²) < 4.78 is 87.0. The molecule has 0 saturated carbocycles. The summed E-state index contributed by atoms with van der Waals surface area (Å²) in [6.45, 7) is 16.2. The van der Waals surface area contributed by atoms with E-state index in [-0.39, 0.29) is 63.1 Å². The van der Waals surface area contributed by atoms with Gasteiger partial charge in [0.2, 0.25) is 11.8 Å². The summed E-state index contributed by atoms with van der Waals surface area (Å²) in [4.78, 5) is 38.3. The Labute approximate surface area is 477 Å². The first kappa shape index (κ1) is 66.7. The quantitative estimate of drug-likeness (QED) is 0.0196. The van der Waals surface area contributed by atoms with Crippen molar-refractivity contribution in [3.8, 4) is 0 Å². The van der Waals surface area contributed by atoms with Crippen molar-refractivity contribution < 1.29 is 95.6 Å². The van der Waals surface area contributed by atoms with Crippen LogP contribution in [-0.2, 0) is 93.8 Å². The number of nitrogens with zero attached hydrogens (tertiary/aromatic N) is 6. The Morgan fingerprint density at radius 1 is 0.756 bits per heavy atom. The fourth-order valence-electron chi connectivity index (χ4n) is 9.32. The number of amides is 2. The van der Waals surface area contributed by atoms with Crippen LogP contribution >= 0.6 is 0 Å². The van der Waals surface area contributed by atoms with E-state index in [1.54, 1.807) is 29.9 Å². The molecule has 4 bridgehead atoms. The zero-order valence-corrected chi connectivity index (χ0v) is 47.6. The van der Waals surface area contributed by atoms with Crippen molar-refractivity contribution in [1.82, 2.24) is 30.9 Å². The van der Waals surface area contributed by atoms with E-state index in [4.69, 9.17) is 76.6 Å². The van der Waals surface area contributed by atoms with E-state index in [1.807, 2.05) is 32.0 Å². The van der Waals surface area contributed by atoms with Gasteiger partial charge in [0.05, 0.1) is 158 Å². The number of ketones is 1. The maximum absolute atomic E-state index is 12.0. The third kappa shape index (κ3) is 21.9. The Morgan fingerprint density at radius 3 is 2.01 bits per heavy atom. The van der Waals surface area contributed by atoms with Crippen LogP contribution in [-0.4, -0.2) is 255 Å². The first-order valence-corrected chi connectivity index (χ1v) is 28.0. The number of nitrogens with one attached hydrogen (secondary N) is 3. The summed E-state index contributed by atoms with van der Waals surface area (Å²) in [5.41, 5.74) is 7.66. The topological polar surface area (TPSA) is 346 Å². The number of rotatable bonds is 41. The molecule has 29 nitrogen and oxygen atoms in total. The standard InChI is InChI=1S/C33H51N5O11.C20H34N4O9/c1-25-30(41)31(42)33(24-48-32(25)49-33)23-47-19-18-45-17-16-44-15-14-43-13-11-38-21-27(36-37-38)22-46-12-10-35-29(40)8-5-9-34-20-28(39)26-6-3-2-4-7-26;1-14(25)23-15-16-17(32-19(2,3)31-16)20(13-30-18(15)33-20)12-29-11-10-28-9-8-27-7-6-26-5-4-22-24-21/h2-4,6-7,21,25,30-32,34,41-42H,5,8-20,22-24H2,1H3,(H,35,40);15-18H,4-13H2,1-3H3,(H,23,25)/t25-,30+,31+,32-,33-;15-,16-,17-,18+,20+/m01/s1. The van der Waals surface area contributed by atoms with Crippen LogP contribution in [0.1, 0.15) is 56.6 Å². The van der Waals surface area contributed by atoms with Gasteiger partial charge in [0, 0.05) is 42.8 Å². The first-order valence-electron chi connectivity index (χ1n) is 28.0. The zero-order chi connectivity index (χ0) is 58.5. The number of ether oxygens (including phenoxy) is 15. The van der Waals surface area contributed by atoms with Crippen LogP contribution in [0.2, 0.25) is 0 Å². The number of aliphatic hydroxyl groups is 2. The molecule has 0 spiro atoms. The molecule has 1 aromatic heterocycles. The number of carbonyl (C=O) groups is 3. The maximum Gasteiger partial charge on any atom is 0.220 e. The number of aliphatic hydroxyl groups excluding tert-OH is 2. The van der Waals surface area contributed by atoms with Gasteiger partial charge in [-0.25, -0.2) is 4.68 Å². The Kier molecular flexibility index (Phi) is 29.1. The third-order valence-electron chi connectivity index (χ3n) is 13.5. The SMILES string of the molecule is CC(=O)N[C@H]1[C@H]2OC[C@](COCCOCCOCCOCCN=[N+]=[N-])(O2)[C@@H]2OC(C)(C)O[C@H]12.C[C@@H]1[C@H]2OC[C@](COCCOCCOCCOCCn3cc(COCCNC(=O)CCCNCC(=O)c4ccccc4)nn3)(O2)[C@H](O)[C@@H]1O. The molecule has 82 heavy (non-hydrogen) atoms. The lowest BCUT2D eigenvalue weighted by Crippen LogP contribution is -2.65. The number of benzene rings is 1. The zero-order valence-electron chi connectivity index (χ0n) is 47.6. The molecular weight excluding hydrogens is 1080 g/mol. The molecule has 10 atom stereocenters. The number of hydrogen-bond acceptors (Lipinski definition) is 24. The van der Waals surface area contributed by atoms with Gasteiger partial charge in [0.15, 0.2) is 24.2 Å². The fraction of sp³-hybridized carbons (Fsp3) is 0.792.